The SMILES string of the molecule is COC(CNC(=O)C(=O)NC[C@H]1OCCN1S(=O)(=O)c1ccccc1)OC. The highest BCUT2D eigenvalue weighted by molar-refractivity contribution is 7.89. The Hall–Kier alpha value is -2.05. The molecule has 1 aliphatic heterocycles. The van der Waals surface area contributed by atoms with Crippen molar-refractivity contribution in [1.82, 2.24) is 14.9 Å². The van der Waals surface area contributed by atoms with Crippen molar-refractivity contribution < 1.29 is 32.2 Å². The van der Waals surface area contributed by atoms with Crippen LogP contribution in [0.15, 0.2) is 35.2 Å². The molecule has 0 spiro atoms. The van der Waals surface area contributed by atoms with Crippen LogP contribution in [0.3, 0.4) is 0 Å². The van der Waals surface area contributed by atoms with Gasteiger partial charge < -0.3 is 24.8 Å². The first-order chi connectivity index (χ1) is 12.9. The van der Waals surface area contributed by atoms with Gasteiger partial charge in [-0.15, -0.1) is 0 Å². The van der Waals surface area contributed by atoms with Crippen molar-refractivity contribution in [2.45, 2.75) is 17.4 Å². The molecule has 1 saturated heterocycles. The van der Waals surface area contributed by atoms with Gasteiger partial charge in [-0.1, -0.05) is 18.2 Å². The van der Waals surface area contributed by atoms with E-state index >= 15 is 0 Å². The predicted molar refractivity (Wildman–Crippen MR) is 93.9 cm³/mol. The van der Waals surface area contributed by atoms with Crippen molar-refractivity contribution in [1.29, 1.82) is 0 Å². The van der Waals surface area contributed by atoms with Crippen LogP contribution in [0.2, 0.25) is 0 Å². The first-order valence-corrected chi connectivity index (χ1v) is 9.64. The van der Waals surface area contributed by atoms with Gasteiger partial charge >= 0.3 is 11.8 Å². The van der Waals surface area contributed by atoms with E-state index in [9.17, 15) is 18.0 Å². The maximum atomic E-state index is 12.7. The molecular formula is C16H23N3O7S. The summed E-state index contributed by atoms with van der Waals surface area (Å²) < 4.78 is 41.7. The molecule has 0 saturated carbocycles. The van der Waals surface area contributed by atoms with Gasteiger partial charge in [-0.3, -0.25) is 9.59 Å². The Bertz CT molecular complexity index is 738. The number of hydrogen-bond donors (Lipinski definition) is 2. The lowest BCUT2D eigenvalue weighted by Gasteiger charge is -2.22. The highest BCUT2D eigenvalue weighted by atomic mass is 32.2. The van der Waals surface area contributed by atoms with Crippen molar-refractivity contribution in [3.05, 3.63) is 30.3 Å². The van der Waals surface area contributed by atoms with Crippen LogP contribution in [-0.4, -0.2) is 77.5 Å². The molecule has 0 unspecified atom stereocenters. The number of ether oxygens (including phenoxy) is 3. The van der Waals surface area contributed by atoms with Gasteiger partial charge in [0.25, 0.3) is 0 Å². The molecule has 2 N–H and O–H groups in total. The number of carbonyl (C=O) groups excluding carboxylic acids is 2. The van der Waals surface area contributed by atoms with E-state index in [1.165, 1.54) is 26.4 Å². The summed E-state index contributed by atoms with van der Waals surface area (Å²) in [4.78, 5) is 23.8. The number of benzene rings is 1. The summed E-state index contributed by atoms with van der Waals surface area (Å²) in [6.07, 6.45) is -1.57. The van der Waals surface area contributed by atoms with E-state index in [0.29, 0.717) is 0 Å². The third kappa shape index (κ3) is 5.47. The summed E-state index contributed by atoms with van der Waals surface area (Å²) in [6.45, 7) is 0.194. The molecule has 27 heavy (non-hydrogen) atoms. The molecule has 2 rings (SSSR count). The molecular weight excluding hydrogens is 378 g/mol. The van der Waals surface area contributed by atoms with Crippen molar-refractivity contribution in [2.75, 3.05) is 40.5 Å². The molecule has 1 fully saturated rings. The maximum absolute atomic E-state index is 12.7. The van der Waals surface area contributed by atoms with Crippen LogP contribution < -0.4 is 10.6 Å². The molecule has 1 heterocycles. The third-order valence-electron chi connectivity index (χ3n) is 3.89. The Morgan fingerprint density at radius 1 is 1.19 bits per heavy atom. The lowest BCUT2D eigenvalue weighted by molar-refractivity contribution is -0.142. The molecule has 1 aliphatic rings. The van der Waals surface area contributed by atoms with Gasteiger partial charge in [-0.25, -0.2) is 8.42 Å². The van der Waals surface area contributed by atoms with E-state index in [2.05, 4.69) is 10.6 Å². The summed E-state index contributed by atoms with van der Waals surface area (Å²) >= 11 is 0. The minimum Gasteiger partial charge on any atom is -0.359 e. The first kappa shape index (κ1) is 21.3. The molecule has 150 valence electrons. The zero-order valence-electron chi connectivity index (χ0n) is 15.1. The summed E-state index contributed by atoms with van der Waals surface area (Å²) in [5, 5.41) is 4.73. The van der Waals surface area contributed by atoms with Crippen molar-refractivity contribution in [3.8, 4) is 0 Å². The zero-order valence-corrected chi connectivity index (χ0v) is 15.9. The molecule has 2 amide bonds. The topological polar surface area (TPSA) is 123 Å². The van der Waals surface area contributed by atoms with Gasteiger partial charge in [0.2, 0.25) is 10.0 Å². The Balaban J connectivity index is 1.91. The number of nitrogens with one attached hydrogen (secondary N) is 2. The Kier molecular flexibility index (Phi) is 7.68. The quantitative estimate of drug-likeness (QED) is 0.418. The average molecular weight is 401 g/mol. The number of nitrogens with zero attached hydrogens (tertiary/aromatic N) is 1. The van der Waals surface area contributed by atoms with E-state index in [-0.39, 0.29) is 31.1 Å². The summed E-state index contributed by atoms with van der Waals surface area (Å²) in [5.74, 6) is -1.79. The van der Waals surface area contributed by atoms with E-state index in [4.69, 9.17) is 14.2 Å². The molecule has 11 heteroatoms. The number of rotatable bonds is 8. The molecule has 1 atom stereocenters. The fourth-order valence-corrected chi connectivity index (χ4v) is 3.98. The number of carbonyl (C=O) groups is 2. The maximum Gasteiger partial charge on any atom is 0.309 e. The van der Waals surface area contributed by atoms with Crippen LogP contribution in [-0.2, 0) is 33.8 Å². The van der Waals surface area contributed by atoms with Gasteiger partial charge in [0.15, 0.2) is 6.29 Å². The van der Waals surface area contributed by atoms with E-state index in [1.807, 2.05) is 0 Å². The van der Waals surface area contributed by atoms with Gasteiger partial charge in [0.1, 0.15) is 6.23 Å². The molecule has 0 bridgehead atoms. The van der Waals surface area contributed by atoms with Crippen LogP contribution >= 0.6 is 0 Å². The predicted octanol–water partition coefficient (Wildman–Crippen LogP) is -1.12. The Morgan fingerprint density at radius 3 is 2.44 bits per heavy atom. The van der Waals surface area contributed by atoms with Gasteiger partial charge in [-0.2, -0.15) is 4.31 Å². The van der Waals surface area contributed by atoms with E-state index < -0.39 is 34.4 Å². The van der Waals surface area contributed by atoms with E-state index in [0.717, 1.165) is 4.31 Å². The van der Waals surface area contributed by atoms with Crippen molar-refractivity contribution >= 4 is 21.8 Å². The Labute approximate surface area is 157 Å². The number of amides is 2. The van der Waals surface area contributed by atoms with Crippen molar-refractivity contribution in [2.24, 2.45) is 0 Å². The lowest BCUT2D eigenvalue weighted by Crippen LogP contribution is -2.48. The fourth-order valence-electron chi connectivity index (χ4n) is 2.45. The molecule has 10 nitrogen and oxygen atoms in total. The number of methoxy groups -OCH3 is 2. The minimum absolute atomic E-state index is 0.00626. The fraction of sp³-hybridized carbons (Fsp3) is 0.500. The van der Waals surface area contributed by atoms with Crippen LogP contribution in [0.1, 0.15) is 0 Å². The smallest absolute Gasteiger partial charge is 0.309 e. The number of sulfonamides is 1. The Morgan fingerprint density at radius 2 is 1.81 bits per heavy atom. The van der Waals surface area contributed by atoms with Crippen LogP contribution in [0.4, 0.5) is 0 Å². The summed E-state index contributed by atoms with van der Waals surface area (Å²) in [7, 11) is -0.956. The molecule has 1 aromatic rings. The molecule has 0 aromatic heterocycles. The van der Waals surface area contributed by atoms with Gasteiger partial charge in [-0.05, 0) is 12.1 Å². The van der Waals surface area contributed by atoms with Gasteiger partial charge in [0.05, 0.1) is 24.6 Å². The monoisotopic (exact) mass is 401 g/mol. The van der Waals surface area contributed by atoms with E-state index in [1.54, 1.807) is 18.2 Å². The zero-order chi connectivity index (χ0) is 19.9. The molecule has 1 aromatic carbocycles. The lowest BCUT2D eigenvalue weighted by atomic mass is 10.4. The highest BCUT2D eigenvalue weighted by Crippen LogP contribution is 2.21. The molecule has 0 aliphatic carbocycles. The third-order valence-corrected chi connectivity index (χ3v) is 5.79. The minimum atomic E-state index is -3.76. The highest BCUT2D eigenvalue weighted by Gasteiger charge is 2.36. The second-order valence-corrected chi connectivity index (χ2v) is 7.47. The summed E-state index contributed by atoms with van der Waals surface area (Å²) in [5.41, 5.74) is 0. The van der Waals surface area contributed by atoms with Crippen molar-refractivity contribution in [3.63, 3.8) is 0 Å². The molecule has 0 radical (unpaired) electrons. The van der Waals surface area contributed by atoms with Crippen LogP contribution in [0.5, 0.6) is 0 Å². The van der Waals surface area contributed by atoms with Crippen LogP contribution in [0, 0.1) is 0 Å². The second-order valence-electron chi connectivity index (χ2n) is 5.58. The second kappa shape index (κ2) is 9.76. The van der Waals surface area contributed by atoms with Crippen LogP contribution in [0.25, 0.3) is 0 Å². The summed E-state index contributed by atoms with van der Waals surface area (Å²) in [6, 6.07) is 7.93. The largest absolute Gasteiger partial charge is 0.359 e. The average Bonchev–Trinajstić information content (AvgIpc) is 3.17. The first-order valence-electron chi connectivity index (χ1n) is 8.20. The van der Waals surface area contributed by atoms with Gasteiger partial charge in [0, 0.05) is 20.8 Å². The standard InChI is InChI=1S/C16H23N3O7S/c1-24-14(25-2)11-18-16(21)15(20)17-10-13-19(8-9-26-13)27(22,23)12-6-4-3-5-7-12/h3-7,13-14H,8-11H2,1-2H3,(H,17,20)(H,18,21)/t13-/m1/s1. The number of hydrogen-bond acceptors (Lipinski definition) is 7. The normalized spacial score (nSPS) is 17.8.